The highest BCUT2D eigenvalue weighted by molar-refractivity contribution is 6.07. The van der Waals surface area contributed by atoms with Crippen LogP contribution in [-0.4, -0.2) is 35.4 Å². The van der Waals surface area contributed by atoms with Crippen LogP contribution in [0.3, 0.4) is 0 Å². The van der Waals surface area contributed by atoms with Gasteiger partial charge < -0.3 is 15.8 Å². The number of nitrogens with two attached hydrogens (primary N) is 1. The molecule has 16 heavy (non-hydrogen) atoms. The molecule has 0 unspecified atom stereocenters. The van der Waals surface area contributed by atoms with Crippen molar-refractivity contribution >= 4 is 11.7 Å². The van der Waals surface area contributed by atoms with Crippen LogP contribution in [0.1, 0.15) is 33.1 Å². The average molecular weight is 227 g/mol. The maximum absolute atomic E-state index is 12.2. The Hall–Kier alpha value is -1.26. The van der Waals surface area contributed by atoms with E-state index in [-0.39, 0.29) is 11.7 Å². The van der Waals surface area contributed by atoms with Gasteiger partial charge in [-0.3, -0.25) is 4.79 Å². The van der Waals surface area contributed by atoms with E-state index in [1.807, 2.05) is 6.92 Å². The van der Waals surface area contributed by atoms with Crippen LogP contribution in [0, 0.1) is 11.3 Å². The Morgan fingerprint density at radius 3 is 2.56 bits per heavy atom. The molecule has 0 atom stereocenters. The molecule has 5 nitrogen and oxygen atoms in total. The van der Waals surface area contributed by atoms with Gasteiger partial charge in [0.05, 0.1) is 0 Å². The molecule has 0 radical (unpaired) electrons. The van der Waals surface area contributed by atoms with Crippen molar-refractivity contribution in [2.75, 3.05) is 13.6 Å². The molecule has 0 aromatic carbocycles. The normalized spacial score (nSPS) is 29.7. The lowest BCUT2D eigenvalue weighted by Crippen LogP contribution is -2.57. The molecule has 0 aromatic rings. The smallest absolute Gasteiger partial charge is 0.236 e. The molecule has 0 spiro atoms. The summed E-state index contributed by atoms with van der Waals surface area (Å²) in [5, 5.41) is 11.8. The van der Waals surface area contributed by atoms with Crippen molar-refractivity contribution in [2.45, 2.75) is 33.1 Å². The van der Waals surface area contributed by atoms with Crippen LogP contribution in [0.4, 0.5) is 0 Å². The Bertz CT molecular complexity index is 296. The van der Waals surface area contributed by atoms with Gasteiger partial charge in [0, 0.05) is 13.6 Å². The van der Waals surface area contributed by atoms with Gasteiger partial charge in [-0.15, -0.1) is 0 Å². The zero-order valence-corrected chi connectivity index (χ0v) is 10.2. The molecule has 1 saturated carbocycles. The van der Waals surface area contributed by atoms with Crippen molar-refractivity contribution < 1.29 is 10.0 Å². The second-order valence-electron chi connectivity index (χ2n) is 4.81. The minimum absolute atomic E-state index is 0.0252. The fourth-order valence-electron chi connectivity index (χ4n) is 2.52. The second kappa shape index (κ2) is 4.72. The number of nitrogens with zero attached hydrogens (tertiary/aromatic N) is 2. The predicted molar refractivity (Wildman–Crippen MR) is 62.2 cm³/mol. The molecule has 0 saturated heterocycles. The fourth-order valence-corrected chi connectivity index (χ4v) is 2.52. The summed E-state index contributed by atoms with van der Waals surface area (Å²) in [5.41, 5.74) is 4.91. The molecule has 1 aliphatic carbocycles. The summed E-state index contributed by atoms with van der Waals surface area (Å²) in [6, 6.07) is 0. The summed E-state index contributed by atoms with van der Waals surface area (Å²) in [6.45, 7) is 4.78. The number of carbonyl (C=O) groups excluding carboxylic acids is 1. The highest BCUT2D eigenvalue weighted by atomic mass is 16.4. The molecule has 1 fully saturated rings. The van der Waals surface area contributed by atoms with E-state index < -0.39 is 5.41 Å². The standard InChI is InChI=1S/C11H21N3O2/c1-4-5-14(3)10(15)11(9(12)13-16)6-8(2)7-11/h8,16H,4-7H2,1-3H3,(H2,12,13). The summed E-state index contributed by atoms with van der Waals surface area (Å²) in [4.78, 5) is 13.9. The number of hydrogen-bond acceptors (Lipinski definition) is 3. The molecule has 1 amide bonds. The molecule has 5 heteroatoms. The third kappa shape index (κ3) is 1.99. The van der Waals surface area contributed by atoms with Crippen molar-refractivity contribution in [1.82, 2.24) is 4.90 Å². The van der Waals surface area contributed by atoms with E-state index in [2.05, 4.69) is 12.1 Å². The quantitative estimate of drug-likeness (QED) is 0.326. The first-order chi connectivity index (χ1) is 7.47. The van der Waals surface area contributed by atoms with Gasteiger partial charge in [-0.25, -0.2) is 0 Å². The highest BCUT2D eigenvalue weighted by Gasteiger charge is 2.53. The van der Waals surface area contributed by atoms with Gasteiger partial charge in [-0.2, -0.15) is 0 Å². The lowest BCUT2D eigenvalue weighted by molar-refractivity contribution is -0.143. The minimum atomic E-state index is -0.752. The average Bonchev–Trinajstić information content (AvgIpc) is 2.22. The van der Waals surface area contributed by atoms with E-state index in [0.717, 1.165) is 6.42 Å². The van der Waals surface area contributed by atoms with Crippen molar-refractivity contribution in [3.63, 3.8) is 0 Å². The molecule has 1 aliphatic rings. The van der Waals surface area contributed by atoms with E-state index >= 15 is 0 Å². The van der Waals surface area contributed by atoms with Crippen molar-refractivity contribution in [1.29, 1.82) is 0 Å². The number of amidine groups is 1. The molecule has 0 heterocycles. The maximum Gasteiger partial charge on any atom is 0.236 e. The molecule has 0 bridgehead atoms. The molecule has 0 aromatic heterocycles. The van der Waals surface area contributed by atoms with Crippen LogP contribution in [0.15, 0.2) is 5.16 Å². The third-order valence-corrected chi connectivity index (χ3v) is 3.31. The van der Waals surface area contributed by atoms with Crippen LogP contribution in [0.5, 0.6) is 0 Å². The Morgan fingerprint density at radius 2 is 2.19 bits per heavy atom. The Balaban J connectivity index is 2.83. The van der Waals surface area contributed by atoms with Crippen LogP contribution in [0.25, 0.3) is 0 Å². The van der Waals surface area contributed by atoms with E-state index in [1.165, 1.54) is 0 Å². The molecule has 92 valence electrons. The Labute approximate surface area is 96.3 Å². The van der Waals surface area contributed by atoms with Gasteiger partial charge in [0.1, 0.15) is 5.41 Å². The van der Waals surface area contributed by atoms with E-state index in [0.29, 0.717) is 25.3 Å². The number of oxime groups is 1. The summed E-state index contributed by atoms with van der Waals surface area (Å²) in [7, 11) is 1.77. The van der Waals surface area contributed by atoms with Crippen LogP contribution in [0.2, 0.25) is 0 Å². The molecule has 0 aliphatic heterocycles. The van der Waals surface area contributed by atoms with Gasteiger partial charge >= 0.3 is 0 Å². The zero-order chi connectivity index (χ0) is 12.3. The maximum atomic E-state index is 12.2. The van der Waals surface area contributed by atoms with E-state index in [4.69, 9.17) is 10.9 Å². The zero-order valence-electron chi connectivity index (χ0n) is 10.2. The first-order valence-electron chi connectivity index (χ1n) is 5.71. The third-order valence-electron chi connectivity index (χ3n) is 3.31. The SMILES string of the molecule is CCCN(C)C(=O)C1(C(N)=NO)CC(C)C1. The predicted octanol–water partition coefficient (Wildman–Crippen LogP) is 1.02. The Morgan fingerprint density at radius 1 is 1.62 bits per heavy atom. The number of rotatable bonds is 4. The summed E-state index contributed by atoms with van der Waals surface area (Å²) < 4.78 is 0. The molecule has 3 N–H and O–H groups in total. The first-order valence-corrected chi connectivity index (χ1v) is 5.71. The van der Waals surface area contributed by atoms with Crippen molar-refractivity contribution in [2.24, 2.45) is 22.2 Å². The summed E-state index contributed by atoms with van der Waals surface area (Å²) >= 11 is 0. The van der Waals surface area contributed by atoms with Crippen molar-refractivity contribution in [3.05, 3.63) is 0 Å². The van der Waals surface area contributed by atoms with Crippen molar-refractivity contribution in [3.8, 4) is 0 Å². The largest absolute Gasteiger partial charge is 0.409 e. The number of carbonyl (C=O) groups is 1. The lowest BCUT2D eigenvalue weighted by atomic mass is 9.61. The van der Waals surface area contributed by atoms with Gasteiger partial charge in [0.25, 0.3) is 0 Å². The number of hydrogen-bond donors (Lipinski definition) is 2. The molecule has 1 rings (SSSR count). The monoisotopic (exact) mass is 227 g/mol. The van der Waals surface area contributed by atoms with Gasteiger partial charge in [-0.05, 0) is 25.2 Å². The first kappa shape index (κ1) is 12.8. The summed E-state index contributed by atoms with van der Waals surface area (Å²) in [6.07, 6.45) is 2.26. The summed E-state index contributed by atoms with van der Waals surface area (Å²) in [5.74, 6) is 0.487. The van der Waals surface area contributed by atoms with Crippen LogP contribution >= 0.6 is 0 Å². The molecular formula is C11H21N3O2. The van der Waals surface area contributed by atoms with Gasteiger partial charge in [0.2, 0.25) is 5.91 Å². The van der Waals surface area contributed by atoms with E-state index in [9.17, 15) is 4.79 Å². The lowest BCUT2D eigenvalue weighted by Gasteiger charge is -2.45. The topological polar surface area (TPSA) is 78.9 Å². The molecular weight excluding hydrogens is 206 g/mol. The Kier molecular flexibility index (Phi) is 3.78. The highest BCUT2D eigenvalue weighted by Crippen LogP contribution is 2.46. The van der Waals surface area contributed by atoms with Crippen LogP contribution in [-0.2, 0) is 4.79 Å². The minimum Gasteiger partial charge on any atom is -0.409 e. The second-order valence-corrected chi connectivity index (χ2v) is 4.81. The van der Waals surface area contributed by atoms with Gasteiger partial charge in [-0.1, -0.05) is 19.0 Å². The fraction of sp³-hybridized carbons (Fsp3) is 0.818. The van der Waals surface area contributed by atoms with E-state index in [1.54, 1.807) is 11.9 Å². The number of amides is 1. The van der Waals surface area contributed by atoms with Gasteiger partial charge in [0.15, 0.2) is 5.84 Å². The van der Waals surface area contributed by atoms with Crippen LogP contribution < -0.4 is 5.73 Å².